The number of morpholine rings is 1. The average Bonchev–Trinajstić information content (AvgIpc) is 2.72. The highest BCUT2D eigenvalue weighted by Gasteiger charge is 2.30. The Bertz CT molecular complexity index is 744. The van der Waals surface area contributed by atoms with Gasteiger partial charge in [-0.05, 0) is 29.3 Å². The van der Waals surface area contributed by atoms with E-state index in [4.69, 9.17) is 9.47 Å². The van der Waals surface area contributed by atoms with E-state index in [9.17, 15) is 13.2 Å². The second kappa shape index (κ2) is 9.41. The summed E-state index contributed by atoms with van der Waals surface area (Å²) in [6.45, 7) is 4.01. The van der Waals surface area contributed by atoms with Crippen LogP contribution in [0.4, 0.5) is 13.2 Å². The molecule has 28 heavy (non-hydrogen) atoms. The quantitative estimate of drug-likeness (QED) is 0.773. The minimum absolute atomic E-state index is 0.112. The Labute approximate surface area is 163 Å². The molecule has 7 heteroatoms. The Kier molecular flexibility index (Phi) is 6.93. The number of methoxy groups -OCH3 is 1. The summed E-state index contributed by atoms with van der Waals surface area (Å²) in [6, 6.07) is 13.5. The van der Waals surface area contributed by atoms with Gasteiger partial charge in [-0.15, -0.1) is 0 Å². The Hall–Kier alpha value is -2.09. The maximum Gasteiger partial charge on any atom is 0.416 e. The summed E-state index contributed by atoms with van der Waals surface area (Å²) in [4.78, 5) is 2.34. The zero-order valence-electron chi connectivity index (χ0n) is 15.8. The maximum atomic E-state index is 12.9. The number of nitrogens with zero attached hydrogens (tertiary/aromatic N) is 1. The minimum atomic E-state index is -4.32. The summed E-state index contributed by atoms with van der Waals surface area (Å²) in [5, 5.41) is 3.32. The molecule has 1 aliphatic heterocycles. The number of rotatable bonds is 7. The Morgan fingerprint density at radius 3 is 2.46 bits per heavy atom. The van der Waals surface area contributed by atoms with Crippen molar-refractivity contribution in [1.82, 2.24) is 10.2 Å². The molecule has 3 rings (SSSR count). The van der Waals surface area contributed by atoms with Gasteiger partial charge in [0.1, 0.15) is 5.75 Å². The number of benzene rings is 2. The van der Waals surface area contributed by atoms with Crippen LogP contribution in [-0.2, 0) is 17.5 Å². The highest BCUT2D eigenvalue weighted by molar-refractivity contribution is 5.30. The van der Waals surface area contributed by atoms with Gasteiger partial charge in [-0.1, -0.05) is 30.3 Å². The van der Waals surface area contributed by atoms with Gasteiger partial charge in [-0.25, -0.2) is 0 Å². The summed E-state index contributed by atoms with van der Waals surface area (Å²) in [6.07, 6.45) is -4.32. The monoisotopic (exact) mass is 394 g/mol. The van der Waals surface area contributed by atoms with Crippen LogP contribution in [0.5, 0.6) is 5.75 Å². The first-order valence-corrected chi connectivity index (χ1v) is 9.30. The van der Waals surface area contributed by atoms with E-state index in [0.29, 0.717) is 31.9 Å². The van der Waals surface area contributed by atoms with Crippen LogP contribution >= 0.6 is 0 Å². The molecule has 0 radical (unpaired) electrons. The molecule has 0 aromatic heterocycles. The Balaban J connectivity index is 1.67. The summed E-state index contributed by atoms with van der Waals surface area (Å²) < 4.78 is 49.4. The molecule has 0 spiro atoms. The molecule has 1 unspecified atom stereocenters. The molecule has 0 amide bonds. The van der Waals surface area contributed by atoms with E-state index >= 15 is 0 Å². The Morgan fingerprint density at radius 1 is 1.11 bits per heavy atom. The van der Waals surface area contributed by atoms with Crippen LogP contribution in [0.3, 0.4) is 0 Å². The molecule has 1 fully saturated rings. The molecular weight excluding hydrogens is 369 g/mol. The molecule has 0 aliphatic carbocycles. The maximum absolute atomic E-state index is 12.9. The first kappa shape index (κ1) is 20.6. The number of nitrogens with one attached hydrogen (secondary N) is 1. The fourth-order valence-electron chi connectivity index (χ4n) is 3.38. The van der Waals surface area contributed by atoms with Gasteiger partial charge in [0.2, 0.25) is 0 Å². The predicted molar refractivity (Wildman–Crippen MR) is 101 cm³/mol. The van der Waals surface area contributed by atoms with Crippen LogP contribution in [0, 0.1) is 0 Å². The van der Waals surface area contributed by atoms with Crippen LogP contribution in [-0.4, -0.2) is 44.9 Å². The van der Waals surface area contributed by atoms with E-state index in [-0.39, 0.29) is 6.04 Å². The molecule has 0 bridgehead atoms. The van der Waals surface area contributed by atoms with Crippen molar-refractivity contribution in [3.8, 4) is 5.75 Å². The van der Waals surface area contributed by atoms with E-state index in [1.165, 1.54) is 12.1 Å². The van der Waals surface area contributed by atoms with Crippen LogP contribution < -0.4 is 10.1 Å². The summed E-state index contributed by atoms with van der Waals surface area (Å²) in [5.74, 6) is 0.793. The van der Waals surface area contributed by atoms with E-state index in [2.05, 4.69) is 10.2 Å². The lowest BCUT2D eigenvalue weighted by molar-refractivity contribution is -0.137. The largest absolute Gasteiger partial charge is 0.497 e. The first-order chi connectivity index (χ1) is 13.5. The summed E-state index contributed by atoms with van der Waals surface area (Å²) in [7, 11) is 1.63. The smallest absolute Gasteiger partial charge is 0.416 e. The van der Waals surface area contributed by atoms with Crippen molar-refractivity contribution in [3.63, 3.8) is 0 Å². The van der Waals surface area contributed by atoms with Gasteiger partial charge in [0, 0.05) is 32.2 Å². The van der Waals surface area contributed by atoms with Gasteiger partial charge >= 0.3 is 6.18 Å². The third-order valence-electron chi connectivity index (χ3n) is 4.91. The molecular formula is C21H25F3N2O2. The normalized spacial score (nSPS) is 16.7. The first-order valence-electron chi connectivity index (χ1n) is 9.30. The summed E-state index contributed by atoms with van der Waals surface area (Å²) >= 11 is 0. The molecule has 152 valence electrons. The lowest BCUT2D eigenvalue weighted by Crippen LogP contribution is -2.42. The van der Waals surface area contributed by atoms with Gasteiger partial charge in [0.15, 0.2) is 0 Å². The van der Waals surface area contributed by atoms with Gasteiger partial charge in [0.25, 0.3) is 0 Å². The molecule has 1 saturated heterocycles. The van der Waals surface area contributed by atoms with Crippen molar-refractivity contribution in [2.24, 2.45) is 0 Å². The fraction of sp³-hybridized carbons (Fsp3) is 0.429. The average molecular weight is 394 g/mol. The van der Waals surface area contributed by atoms with E-state index in [0.717, 1.165) is 30.5 Å². The van der Waals surface area contributed by atoms with Crippen LogP contribution in [0.2, 0.25) is 0 Å². The van der Waals surface area contributed by atoms with Gasteiger partial charge in [-0.2, -0.15) is 13.2 Å². The zero-order chi connectivity index (χ0) is 20.0. The highest BCUT2D eigenvalue weighted by Crippen LogP contribution is 2.29. The molecule has 4 nitrogen and oxygen atoms in total. The topological polar surface area (TPSA) is 33.7 Å². The molecule has 1 aliphatic rings. The van der Waals surface area contributed by atoms with Crippen LogP contribution in [0.15, 0.2) is 48.5 Å². The van der Waals surface area contributed by atoms with Crippen molar-refractivity contribution in [2.45, 2.75) is 18.8 Å². The molecule has 1 N–H and O–H groups in total. The molecule has 2 aromatic rings. The summed E-state index contributed by atoms with van der Waals surface area (Å²) in [5.41, 5.74) is 1.14. The number of alkyl halides is 3. The van der Waals surface area contributed by atoms with Gasteiger partial charge in [0.05, 0.1) is 25.9 Å². The fourth-order valence-corrected chi connectivity index (χ4v) is 3.38. The molecule has 0 saturated carbocycles. The van der Waals surface area contributed by atoms with Crippen LogP contribution in [0.1, 0.15) is 22.7 Å². The molecule has 1 heterocycles. The predicted octanol–water partition coefficient (Wildman–Crippen LogP) is 3.88. The highest BCUT2D eigenvalue weighted by atomic mass is 19.4. The Morgan fingerprint density at radius 2 is 1.82 bits per heavy atom. The van der Waals surface area contributed by atoms with Crippen molar-refractivity contribution >= 4 is 0 Å². The van der Waals surface area contributed by atoms with E-state index in [1.54, 1.807) is 13.2 Å². The van der Waals surface area contributed by atoms with Gasteiger partial charge in [-0.3, -0.25) is 4.90 Å². The third kappa shape index (κ3) is 5.47. The van der Waals surface area contributed by atoms with E-state index < -0.39 is 11.7 Å². The zero-order valence-corrected chi connectivity index (χ0v) is 15.8. The second-order valence-corrected chi connectivity index (χ2v) is 6.77. The van der Waals surface area contributed by atoms with Gasteiger partial charge < -0.3 is 14.8 Å². The molecule has 2 aromatic carbocycles. The standard InChI is InChI=1S/C21H25F3N2O2/c1-27-19-7-5-17(6-8-19)20(26-9-11-28-12-10-26)15-25-14-16-3-2-4-18(13-16)21(22,23)24/h2-8,13,20,25H,9-12,14-15H2,1H3. The van der Waals surface area contributed by atoms with E-state index in [1.807, 2.05) is 24.3 Å². The number of hydrogen-bond donors (Lipinski definition) is 1. The van der Waals surface area contributed by atoms with Crippen molar-refractivity contribution < 1.29 is 22.6 Å². The number of hydrogen-bond acceptors (Lipinski definition) is 4. The van der Waals surface area contributed by atoms with Crippen LogP contribution in [0.25, 0.3) is 0 Å². The second-order valence-electron chi connectivity index (χ2n) is 6.77. The number of halogens is 3. The van der Waals surface area contributed by atoms with Crippen molar-refractivity contribution in [1.29, 1.82) is 0 Å². The lowest BCUT2D eigenvalue weighted by Gasteiger charge is -2.35. The van der Waals surface area contributed by atoms with Crippen molar-refractivity contribution in [3.05, 3.63) is 65.2 Å². The minimum Gasteiger partial charge on any atom is -0.497 e. The van der Waals surface area contributed by atoms with Crippen molar-refractivity contribution in [2.75, 3.05) is 40.0 Å². The number of ether oxygens (including phenoxy) is 2. The molecule has 1 atom stereocenters. The third-order valence-corrected chi connectivity index (χ3v) is 4.91. The SMILES string of the molecule is COc1ccc(C(CNCc2cccc(C(F)(F)F)c2)N2CCOCC2)cc1. The lowest BCUT2D eigenvalue weighted by atomic mass is 10.0.